The molecule has 1 aromatic rings. The van der Waals surface area contributed by atoms with Crippen LogP contribution in [0.15, 0.2) is 24.3 Å². The monoisotopic (exact) mass is 395 g/mol. The van der Waals surface area contributed by atoms with Crippen molar-refractivity contribution in [2.75, 3.05) is 19.6 Å². The first-order valence-corrected chi connectivity index (χ1v) is 9.77. The smallest absolute Gasteiger partial charge is 0.387 e. The summed E-state index contributed by atoms with van der Waals surface area (Å²) >= 11 is 0. The first-order chi connectivity index (χ1) is 13.4. The quantitative estimate of drug-likeness (QED) is 0.831. The summed E-state index contributed by atoms with van der Waals surface area (Å²) in [4.78, 5) is 29.3. The van der Waals surface area contributed by atoms with Gasteiger partial charge in [-0.15, -0.1) is 0 Å². The highest BCUT2D eigenvalue weighted by Crippen LogP contribution is 2.28. The Bertz CT molecular complexity index is 706. The Morgan fingerprint density at radius 3 is 2.46 bits per heavy atom. The molecule has 0 radical (unpaired) electrons. The second kappa shape index (κ2) is 8.86. The fraction of sp³-hybridized carbons (Fsp3) is 0.600. The Kier molecular flexibility index (Phi) is 6.49. The van der Waals surface area contributed by atoms with Gasteiger partial charge in [0.15, 0.2) is 0 Å². The van der Waals surface area contributed by atoms with Gasteiger partial charge >= 0.3 is 6.61 Å². The molecule has 2 fully saturated rings. The maximum atomic E-state index is 13.0. The molecule has 0 saturated carbocycles. The van der Waals surface area contributed by atoms with Gasteiger partial charge in [0.05, 0.1) is 5.56 Å². The number of para-hydroxylation sites is 1. The van der Waals surface area contributed by atoms with Crippen LogP contribution in [0.2, 0.25) is 0 Å². The van der Waals surface area contributed by atoms with E-state index in [0.29, 0.717) is 38.4 Å². The van der Waals surface area contributed by atoms with Crippen molar-refractivity contribution in [2.45, 2.75) is 51.3 Å². The number of hydrogen-bond acceptors (Lipinski definition) is 4. The molecule has 28 heavy (non-hydrogen) atoms. The van der Waals surface area contributed by atoms with Gasteiger partial charge in [-0.2, -0.15) is 8.78 Å². The lowest BCUT2D eigenvalue weighted by Crippen LogP contribution is -2.51. The van der Waals surface area contributed by atoms with E-state index < -0.39 is 18.6 Å². The van der Waals surface area contributed by atoms with Crippen LogP contribution >= 0.6 is 0 Å². The number of amides is 2. The first-order valence-electron chi connectivity index (χ1n) is 9.77. The molecule has 2 aliphatic heterocycles. The zero-order valence-electron chi connectivity index (χ0n) is 16.0. The predicted octanol–water partition coefficient (Wildman–Crippen LogP) is 2.48. The molecule has 0 spiro atoms. The minimum Gasteiger partial charge on any atom is -0.434 e. The summed E-state index contributed by atoms with van der Waals surface area (Å²) in [6.07, 6.45) is 3.00. The van der Waals surface area contributed by atoms with Crippen molar-refractivity contribution in [2.24, 2.45) is 11.7 Å². The van der Waals surface area contributed by atoms with Gasteiger partial charge in [0, 0.05) is 25.7 Å². The number of benzene rings is 1. The van der Waals surface area contributed by atoms with E-state index in [1.807, 2.05) is 6.92 Å². The second-order valence-corrected chi connectivity index (χ2v) is 7.55. The van der Waals surface area contributed by atoms with Gasteiger partial charge in [0.25, 0.3) is 5.91 Å². The number of hydrogen-bond donors (Lipinski definition) is 1. The fourth-order valence-corrected chi connectivity index (χ4v) is 4.12. The van der Waals surface area contributed by atoms with E-state index in [1.165, 1.54) is 23.1 Å². The lowest BCUT2D eigenvalue weighted by atomic mass is 9.90. The van der Waals surface area contributed by atoms with Crippen LogP contribution in [0.4, 0.5) is 8.78 Å². The van der Waals surface area contributed by atoms with Crippen LogP contribution in [0.3, 0.4) is 0 Å². The van der Waals surface area contributed by atoms with Crippen LogP contribution in [-0.4, -0.2) is 59.9 Å². The highest BCUT2D eigenvalue weighted by atomic mass is 19.3. The summed E-state index contributed by atoms with van der Waals surface area (Å²) < 4.78 is 29.8. The van der Waals surface area contributed by atoms with Crippen LogP contribution < -0.4 is 10.5 Å². The predicted molar refractivity (Wildman–Crippen MR) is 100 cm³/mol. The molecule has 3 rings (SSSR count). The number of halogens is 2. The molecule has 2 aliphatic rings. The molecule has 2 N–H and O–H groups in total. The number of carbonyl (C=O) groups excluding carboxylic acids is 2. The van der Waals surface area contributed by atoms with E-state index in [9.17, 15) is 18.4 Å². The van der Waals surface area contributed by atoms with Crippen molar-refractivity contribution in [1.82, 2.24) is 9.80 Å². The molecule has 2 saturated heterocycles. The SMILES string of the molecule is CC(N)C1CCN(C(=O)C2CCCN2C(=O)c2ccccc2OC(F)F)CC1. The third-order valence-electron chi connectivity index (χ3n) is 5.73. The van der Waals surface area contributed by atoms with E-state index in [0.717, 1.165) is 12.8 Å². The molecule has 6 nitrogen and oxygen atoms in total. The van der Waals surface area contributed by atoms with E-state index in [-0.39, 0.29) is 23.3 Å². The van der Waals surface area contributed by atoms with E-state index in [2.05, 4.69) is 4.74 Å². The van der Waals surface area contributed by atoms with Crippen molar-refractivity contribution in [1.29, 1.82) is 0 Å². The standard InChI is InChI=1S/C20H27F2N3O3/c1-13(23)14-8-11-24(12-9-14)19(27)16-6-4-10-25(16)18(26)15-5-2-3-7-17(15)28-20(21)22/h2-3,5,7,13-14,16,20H,4,6,8-12,23H2,1H3. The summed E-state index contributed by atoms with van der Waals surface area (Å²) in [6, 6.07) is 5.46. The highest BCUT2D eigenvalue weighted by Gasteiger charge is 2.38. The van der Waals surface area contributed by atoms with Crippen LogP contribution in [0.1, 0.15) is 43.0 Å². The molecule has 2 unspecified atom stereocenters. The van der Waals surface area contributed by atoms with Gasteiger partial charge in [-0.05, 0) is 50.7 Å². The number of likely N-dealkylation sites (tertiary alicyclic amines) is 2. The van der Waals surface area contributed by atoms with Crippen molar-refractivity contribution < 1.29 is 23.1 Å². The molecule has 0 aromatic heterocycles. The summed E-state index contributed by atoms with van der Waals surface area (Å²) in [6.45, 7) is 0.659. The van der Waals surface area contributed by atoms with Crippen LogP contribution in [0, 0.1) is 5.92 Å². The molecule has 1 aromatic carbocycles. The van der Waals surface area contributed by atoms with Gasteiger partial charge in [0.2, 0.25) is 5.91 Å². The van der Waals surface area contributed by atoms with Crippen LogP contribution in [0.25, 0.3) is 0 Å². The molecule has 2 amide bonds. The highest BCUT2D eigenvalue weighted by molar-refractivity contribution is 6.00. The Balaban J connectivity index is 1.71. The second-order valence-electron chi connectivity index (χ2n) is 7.55. The van der Waals surface area contributed by atoms with Crippen molar-refractivity contribution in [3.05, 3.63) is 29.8 Å². The summed E-state index contributed by atoms with van der Waals surface area (Å²) in [5, 5.41) is 0. The van der Waals surface area contributed by atoms with Gasteiger partial charge in [-0.1, -0.05) is 12.1 Å². The maximum absolute atomic E-state index is 13.0. The number of alkyl halides is 2. The molecular weight excluding hydrogens is 368 g/mol. The Morgan fingerprint density at radius 1 is 1.14 bits per heavy atom. The number of piperidine rings is 1. The van der Waals surface area contributed by atoms with Gasteiger partial charge in [0.1, 0.15) is 11.8 Å². The van der Waals surface area contributed by atoms with Crippen molar-refractivity contribution in [3.63, 3.8) is 0 Å². The molecule has 0 aliphatic carbocycles. The average Bonchev–Trinajstić information content (AvgIpc) is 3.16. The Labute approximate surface area is 163 Å². The molecular formula is C20H27F2N3O3. The van der Waals surface area contributed by atoms with E-state index in [1.54, 1.807) is 11.0 Å². The minimum absolute atomic E-state index is 0.0539. The third kappa shape index (κ3) is 4.43. The molecule has 2 heterocycles. The van der Waals surface area contributed by atoms with Gasteiger partial charge in [-0.25, -0.2) is 0 Å². The molecule has 154 valence electrons. The van der Waals surface area contributed by atoms with Crippen LogP contribution in [0.5, 0.6) is 5.75 Å². The summed E-state index contributed by atoms with van der Waals surface area (Å²) in [7, 11) is 0. The molecule has 8 heteroatoms. The average molecular weight is 395 g/mol. The minimum atomic E-state index is -3.02. The summed E-state index contributed by atoms with van der Waals surface area (Å²) in [5.74, 6) is -0.277. The number of ether oxygens (including phenoxy) is 1. The van der Waals surface area contributed by atoms with E-state index >= 15 is 0 Å². The first kappa shape index (κ1) is 20.5. The number of carbonyl (C=O) groups is 2. The molecule has 2 atom stereocenters. The number of nitrogens with zero attached hydrogens (tertiary/aromatic N) is 2. The van der Waals surface area contributed by atoms with Crippen LogP contribution in [-0.2, 0) is 4.79 Å². The largest absolute Gasteiger partial charge is 0.434 e. The zero-order valence-corrected chi connectivity index (χ0v) is 16.0. The maximum Gasteiger partial charge on any atom is 0.387 e. The van der Waals surface area contributed by atoms with Gasteiger partial charge < -0.3 is 20.3 Å². The number of nitrogens with two attached hydrogens (primary N) is 1. The Morgan fingerprint density at radius 2 is 1.82 bits per heavy atom. The van der Waals surface area contributed by atoms with Gasteiger partial charge in [-0.3, -0.25) is 9.59 Å². The van der Waals surface area contributed by atoms with E-state index in [4.69, 9.17) is 5.73 Å². The molecule has 0 bridgehead atoms. The zero-order chi connectivity index (χ0) is 20.3. The summed E-state index contributed by atoms with van der Waals surface area (Å²) in [5.41, 5.74) is 6.02. The van der Waals surface area contributed by atoms with Crippen molar-refractivity contribution in [3.8, 4) is 5.75 Å². The lowest BCUT2D eigenvalue weighted by molar-refractivity contribution is -0.136. The lowest BCUT2D eigenvalue weighted by Gasteiger charge is -2.36. The normalized spacial score (nSPS) is 21.8. The van der Waals surface area contributed by atoms with Crippen molar-refractivity contribution >= 4 is 11.8 Å². The topological polar surface area (TPSA) is 75.9 Å². The fourth-order valence-electron chi connectivity index (χ4n) is 4.12. The Hall–Kier alpha value is -2.22. The third-order valence-corrected chi connectivity index (χ3v) is 5.73. The number of rotatable bonds is 5.